The molecule has 0 N–H and O–H groups in total. The fraction of sp³-hybridized carbons (Fsp3) is 0.214. The van der Waals surface area contributed by atoms with E-state index in [1.807, 2.05) is 14.1 Å². The Morgan fingerprint density at radius 3 is 2.60 bits per heavy atom. The smallest absolute Gasteiger partial charge is 0.273 e. The number of nitro benzene ring substituents is 1. The van der Waals surface area contributed by atoms with Crippen molar-refractivity contribution in [1.82, 2.24) is 4.90 Å². The van der Waals surface area contributed by atoms with E-state index in [1.54, 1.807) is 36.1 Å². The van der Waals surface area contributed by atoms with E-state index in [0.717, 1.165) is 0 Å². The van der Waals surface area contributed by atoms with Gasteiger partial charge in [0.2, 0.25) is 0 Å². The molecule has 0 bridgehead atoms. The summed E-state index contributed by atoms with van der Waals surface area (Å²) >= 11 is 5.22. The normalized spacial score (nSPS) is 10.3. The molecule has 0 unspecified atom stereocenters. The predicted molar refractivity (Wildman–Crippen MR) is 80.9 cm³/mol. The zero-order valence-corrected chi connectivity index (χ0v) is 12.2. The maximum atomic E-state index is 11.0. The number of benzene rings is 1. The van der Waals surface area contributed by atoms with Crippen molar-refractivity contribution in [2.24, 2.45) is 0 Å². The van der Waals surface area contributed by atoms with Crippen LogP contribution in [0, 0.1) is 17.0 Å². The van der Waals surface area contributed by atoms with Crippen molar-refractivity contribution in [3.05, 3.63) is 51.8 Å². The molecule has 6 heteroatoms. The highest BCUT2D eigenvalue weighted by Crippen LogP contribution is 2.28. The van der Waals surface area contributed by atoms with Gasteiger partial charge in [0, 0.05) is 31.3 Å². The van der Waals surface area contributed by atoms with Gasteiger partial charge in [0.1, 0.15) is 10.7 Å². The average Bonchev–Trinajstić information content (AvgIpc) is 2.87. The lowest BCUT2D eigenvalue weighted by Gasteiger charge is -2.10. The zero-order valence-electron chi connectivity index (χ0n) is 11.4. The standard InChI is InChI=1S/C14H14N2O3S/c1-9-4-5-10(8-11(9)16(17)18)12-6-7-13(19-12)14(20)15(2)3/h4-8H,1-3H3. The van der Waals surface area contributed by atoms with Crippen LogP contribution in [0.4, 0.5) is 5.69 Å². The van der Waals surface area contributed by atoms with Crippen LogP contribution in [0.1, 0.15) is 11.3 Å². The van der Waals surface area contributed by atoms with Crippen LogP contribution in [0.3, 0.4) is 0 Å². The Hall–Kier alpha value is -2.21. The first kappa shape index (κ1) is 14.2. The van der Waals surface area contributed by atoms with Crippen LogP contribution in [0.5, 0.6) is 0 Å². The van der Waals surface area contributed by atoms with Crippen molar-refractivity contribution in [1.29, 1.82) is 0 Å². The Balaban J connectivity index is 2.40. The second kappa shape index (κ2) is 5.42. The zero-order chi connectivity index (χ0) is 14.9. The van der Waals surface area contributed by atoms with Gasteiger partial charge in [0.25, 0.3) is 5.69 Å². The molecule has 1 aromatic carbocycles. The largest absolute Gasteiger partial charge is 0.454 e. The summed E-state index contributed by atoms with van der Waals surface area (Å²) in [5, 5.41) is 11.0. The van der Waals surface area contributed by atoms with Crippen molar-refractivity contribution < 1.29 is 9.34 Å². The van der Waals surface area contributed by atoms with Crippen LogP contribution in [0.2, 0.25) is 0 Å². The molecule has 0 aliphatic rings. The van der Waals surface area contributed by atoms with Gasteiger partial charge in [0.15, 0.2) is 5.76 Å². The number of hydrogen-bond donors (Lipinski definition) is 0. The van der Waals surface area contributed by atoms with Crippen LogP contribution in [-0.2, 0) is 0 Å². The lowest BCUT2D eigenvalue weighted by atomic mass is 10.1. The summed E-state index contributed by atoms with van der Waals surface area (Å²) in [4.78, 5) is 12.9. The Morgan fingerprint density at radius 2 is 2.00 bits per heavy atom. The molecule has 1 aromatic heterocycles. The first-order valence-corrected chi connectivity index (χ1v) is 6.38. The van der Waals surface area contributed by atoms with Crippen LogP contribution in [0.25, 0.3) is 11.3 Å². The van der Waals surface area contributed by atoms with Crippen LogP contribution >= 0.6 is 12.2 Å². The lowest BCUT2D eigenvalue weighted by Crippen LogP contribution is -2.19. The van der Waals surface area contributed by atoms with E-state index in [2.05, 4.69) is 0 Å². The van der Waals surface area contributed by atoms with E-state index in [4.69, 9.17) is 16.6 Å². The van der Waals surface area contributed by atoms with Gasteiger partial charge in [-0.25, -0.2) is 0 Å². The van der Waals surface area contributed by atoms with Crippen molar-refractivity contribution in [2.75, 3.05) is 14.1 Å². The van der Waals surface area contributed by atoms with Crippen molar-refractivity contribution in [2.45, 2.75) is 6.92 Å². The minimum atomic E-state index is -0.396. The molecule has 0 amide bonds. The summed E-state index contributed by atoms with van der Waals surface area (Å²) in [7, 11) is 3.67. The minimum absolute atomic E-state index is 0.0793. The molecule has 0 aliphatic heterocycles. The molecule has 0 aliphatic carbocycles. The number of nitro groups is 1. The summed E-state index contributed by atoms with van der Waals surface area (Å²) in [5.41, 5.74) is 1.36. The fourth-order valence-corrected chi connectivity index (χ4v) is 1.90. The van der Waals surface area contributed by atoms with Gasteiger partial charge in [0.05, 0.1) is 4.92 Å². The maximum absolute atomic E-state index is 11.0. The van der Waals surface area contributed by atoms with E-state index >= 15 is 0 Å². The molecule has 0 fully saturated rings. The molecule has 0 spiro atoms. The van der Waals surface area contributed by atoms with Gasteiger partial charge >= 0.3 is 0 Å². The van der Waals surface area contributed by atoms with E-state index in [0.29, 0.717) is 27.6 Å². The molecule has 2 rings (SSSR count). The van der Waals surface area contributed by atoms with E-state index in [1.165, 1.54) is 6.07 Å². The maximum Gasteiger partial charge on any atom is 0.273 e. The SMILES string of the molecule is Cc1ccc(-c2ccc(C(=S)N(C)C)o2)cc1[N+](=O)[O-]. The van der Waals surface area contributed by atoms with Crippen molar-refractivity contribution in [3.63, 3.8) is 0 Å². The number of hydrogen-bond acceptors (Lipinski definition) is 4. The summed E-state index contributed by atoms with van der Waals surface area (Å²) in [6.45, 7) is 1.71. The third-order valence-electron chi connectivity index (χ3n) is 2.91. The first-order valence-electron chi connectivity index (χ1n) is 5.97. The van der Waals surface area contributed by atoms with Gasteiger partial charge in [-0.15, -0.1) is 0 Å². The highest BCUT2D eigenvalue weighted by atomic mass is 32.1. The number of aryl methyl sites for hydroxylation is 1. The monoisotopic (exact) mass is 290 g/mol. The van der Waals surface area contributed by atoms with Crippen LogP contribution in [0.15, 0.2) is 34.7 Å². The number of rotatable bonds is 3. The van der Waals surface area contributed by atoms with Crippen LogP contribution in [-0.4, -0.2) is 28.9 Å². The Morgan fingerprint density at radius 1 is 1.30 bits per heavy atom. The van der Waals surface area contributed by atoms with Gasteiger partial charge in [-0.1, -0.05) is 24.4 Å². The topological polar surface area (TPSA) is 59.5 Å². The molecular weight excluding hydrogens is 276 g/mol. The number of thiocarbonyl (C=S) groups is 1. The van der Waals surface area contributed by atoms with Crippen molar-refractivity contribution in [3.8, 4) is 11.3 Å². The van der Waals surface area contributed by atoms with Crippen LogP contribution < -0.4 is 0 Å². The molecular formula is C14H14N2O3S. The Kier molecular flexibility index (Phi) is 3.85. The highest BCUT2D eigenvalue weighted by molar-refractivity contribution is 7.80. The van der Waals surface area contributed by atoms with Crippen molar-refractivity contribution >= 4 is 22.9 Å². The third kappa shape index (κ3) is 2.70. The Labute approximate surface area is 122 Å². The van der Waals surface area contributed by atoms with Gasteiger partial charge in [-0.3, -0.25) is 10.1 Å². The average molecular weight is 290 g/mol. The molecule has 0 saturated carbocycles. The summed E-state index contributed by atoms with van der Waals surface area (Å²) in [6.07, 6.45) is 0. The molecule has 2 aromatic rings. The molecule has 0 atom stereocenters. The second-order valence-corrected chi connectivity index (χ2v) is 5.01. The summed E-state index contributed by atoms with van der Waals surface area (Å²) in [6, 6.07) is 8.54. The number of nitrogens with zero attached hydrogens (tertiary/aromatic N) is 2. The molecule has 104 valence electrons. The van der Waals surface area contributed by atoms with Gasteiger partial charge in [-0.05, 0) is 19.1 Å². The molecule has 0 saturated heterocycles. The third-order valence-corrected chi connectivity index (χ3v) is 3.48. The summed E-state index contributed by atoms with van der Waals surface area (Å²) < 4.78 is 5.66. The molecule has 20 heavy (non-hydrogen) atoms. The van der Waals surface area contributed by atoms with E-state index in [9.17, 15) is 10.1 Å². The predicted octanol–water partition coefficient (Wildman–Crippen LogP) is 3.40. The quantitative estimate of drug-likeness (QED) is 0.492. The molecule has 5 nitrogen and oxygen atoms in total. The minimum Gasteiger partial charge on any atom is -0.454 e. The van der Waals surface area contributed by atoms with Gasteiger partial charge < -0.3 is 9.32 Å². The second-order valence-electron chi connectivity index (χ2n) is 4.62. The summed E-state index contributed by atoms with van der Waals surface area (Å²) in [5.74, 6) is 1.13. The highest BCUT2D eigenvalue weighted by Gasteiger charge is 2.15. The fourth-order valence-electron chi connectivity index (χ4n) is 1.79. The van der Waals surface area contributed by atoms with E-state index in [-0.39, 0.29) is 5.69 Å². The molecule has 1 heterocycles. The van der Waals surface area contributed by atoms with Gasteiger partial charge in [-0.2, -0.15) is 0 Å². The lowest BCUT2D eigenvalue weighted by molar-refractivity contribution is -0.385. The number of furan rings is 1. The molecule has 0 radical (unpaired) electrons. The van der Waals surface area contributed by atoms with E-state index < -0.39 is 4.92 Å². The Bertz CT molecular complexity index is 677. The first-order chi connectivity index (χ1) is 9.40.